The van der Waals surface area contributed by atoms with Crippen LogP contribution in [0.25, 0.3) is 11.2 Å². The first-order chi connectivity index (χ1) is 14.2. The number of hydrogen-bond acceptors (Lipinski definition) is 4. The van der Waals surface area contributed by atoms with Crippen LogP contribution in [0.15, 0.2) is 35.6 Å². The van der Waals surface area contributed by atoms with Gasteiger partial charge in [-0.25, -0.2) is 14.4 Å². The van der Waals surface area contributed by atoms with Crippen LogP contribution in [-0.2, 0) is 6.54 Å². The number of alkyl halides is 3. The van der Waals surface area contributed by atoms with E-state index in [-0.39, 0.29) is 11.5 Å². The summed E-state index contributed by atoms with van der Waals surface area (Å²) >= 11 is 0. The molecule has 0 aromatic carbocycles. The first-order valence-electron chi connectivity index (χ1n) is 9.27. The lowest BCUT2D eigenvalue weighted by atomic mass is 9.88. The summed E-state index contributed by atoms with van der Waals surface area (Å²) in [5, 5.41) is 0. The zero-order valence-electron chi connectivity index (χ0n) is 15.6. The Hall–Kier alpha value is -3.24. The van der Waals surface area contributed by atoms with E-state index in [2.05, 4.69) is 15.0 Å². The number of likely N-dealkylation sites (tertiary alicyclic amines) is 1. The minimum Gasteiger partial charge on any atom is -0.343 e. The van der Waals surface area contributed by atoms with Gasteiger partial charge in [-0.1, -0.05) is 0 Å². The predicted octanol–water partition coefficient (Wildman–Crippen LogP) is 2.84. The van der Waals surface area contributed by atoms with Gasteiger partial charge in [0.2, 0.25) is 0 Å². The van der Waals surface area contributed by atoms with Crippen molar-refractivity contribution in [3.63, 3.8) is 0 Å². The molecule has 0 saturated carbocycles. The lowest BCUT2D eigenvalue weighted by Gasteiger charge is -2.32. The number of fused-ring (bicyclic) bond motifs is 1. The summed E-state index contributed by atoms with van der Waals surface area (Å²) < 4.78 is 52.3. The number of piperidine rings is 1. The van der Waals surface area contributed by atoms with Gasteiger partial charge in [-0.3, -0.25) is 9.59 Å². The molecule has 1 N–H and O–H groups in total. The fraction of sp³-hybridized carbons (Fsp3) is 0.368. The lowest BCUT2D eigenvalue weighted by molar-refractivity contribution is -0.141. The standard InChI is InChI=1S/C19H17F4N5O2/c20-13-8-24-17-16(25-10-26-17)15(13)11-1-4-27(5-2-11)18(30)12-3-6-28(14(29)7-12)9-19(21,22)23/h3,6-8,10-11H,1-2,4-5,9H2,(H,24,25,26). The van der Waals surface area contributed by atoms with Crippen molar-refractivity contribution < 1.29 is 22.4 Å². The van der Waals surface area contributed by atoms with Gasteiger partial charge in [0, 0.05) is 36.5 Å². The maximum Gasteiger partial charge on any atom is 0.406 e. The van der Waals surface area contributed by atoms with Crippen LogP contribution in [0, 0.1) is 5.82 Å². The van der Waals surface area contributed by atoms with E-state index in [1.54, 1.807) is 0 Å². The number of pyridine rings is 2. The van der Waals surface area contributed by atoms with Crippen LogP contribution < -0.4 is 5.56 Å². The molecule has 0 spiro atoms. The quantitative estimate of drug-likeness (QED) is 0.657. The molecule has 1 saturated heterocycles. The van der Waals surface area contributed by atoms with Gasteiger partial charge in [0.25, 0.3) is 11.5 Å². The Balaban J connectivity index is 1.47. The van der Waals surface area contributed by atoms with Crippen molar-refractivity contribution in [1.82, 2.24) is 24.4 Å². The summed E-state index contributed by atoms with van der Waals surface area (Å²) in [4.78, 5) is 37.0. The lowest BCUT2D eigenvalue weighted by Crippen LogP contribution is -2.39. The first-order valence-corrected chi connectivity index (χ1v) is 9.27. The molecule has 1 amide bonds. The van der Waals surface area contributed by atoms with Gasteiger partial charge in [0.15, 0.2) is 5.65 Å². The molecule has 158 valence electrons. The second-order valence-corrected chi connectivity index (χ2v) is 7.18. The number of imidazole rings is 1. The molecule has 30 heavy (non-hydrogen) atoms. The van der Waals surface area contributed by atoms with E-state index in [0.29, 0.717) is 47.2 Å². The number of H-pyrrole nitrogens is 1. The van der Waals surface area contributed by atoms with Crippen molar-refractivity contribution in [3.05, 3.63) is 58.2 Å². The topological polar surface area (TPSA) is 83.9 Å². The number of rotatable bonds is 3. The minimum absolute atomic E-state index is 0.0305. The molecule has 3 aromatic heterocycles. The smallest absolute Gasteiger partial charge is 0.343 e. The number of hydrogen-bond donors (Lipinski definition) is 1. The molecule has 0 radical (unpaired) electrons. The predicted molar refractivity (Wildman–Crippen MR) is 98.5 cm³/mol. The molecule has 0 aliphatic carbocycles. The number of aromatic amines is 1. The molecule has 4 rings (SSSR count). The van der Waals surface area contributed by atoms with Gasteiger partial charge in [-0.2, -0.15) is 13.2 Å². The van der Waals surface area contributed by atoms with Crippen LogP contribution in [0.5, 0.6) is 0 Å². The third-order valence-electron chi connectivity index (χ3n) is 5.23. The highest BCUT2D eigenvalue weighted by molar-refractivity contribution is 5.94. The van der Waals surface area contributed by atoms with Crippen molar-refractivity contribution in [3.8, 4) is 0 Å². The van der Waals surface area contributed by atoms with Gasteiger partial charge in [-0.05, 0) is 24.8 Å². The van der Waals surface area contributed by atoms with E-state index in [9.17, 15) is 27.2 Å². The monoisotopic (exact) mass is 423 g/mol. The molecule has 7 nitrogen and oxygen atoms in total. The van der Waals surface area contributed by atoms with E-state index < -0.39 is 30.0 Å². The van der Waals surface area contributed by atoms with Crippen molar-refractivity contribution in [1.29, 1.82) is 0 Å². The van der Waals surface area contributed by atoms with Gasteiger partial charge in [-0.15, -0.1) is 0 Å². The summed E-state index contributed by atoms with van der Waals surface area (Å²) in [5.74, 6) is -1.02. The molecule has 11 heteroatoms. The molecular weight excluding hydrogens is 406 g/mol. The number of carbonyl (C=O) groups is 1. The van der Waals surface area contributed by atoms with E-state index >= 15 is 0 Å². The molecule has 0 atom stereocenters. The second-order valence-electron chi connectivity index (χ2n) is 7.18. The second kappa shape index (κ2) is 7.54. The Morgan fingerprint density at radius 1 is 1.23 bits per heavy atom. The summed E-state index contributed by atoms with van der Waals surface area (Å²) in [7, 11) is 0. The molecular formula is C19H17F4N5O2. The van der Waals surface area contributed by atoms with Crippen molar-refractivity contribution in [2.24, 2.45) is 0 Å². The zero-order valence-corrected chi connectivity index (χ0v) is 15.6. The molecule has 4 heterocycles. The molecule has 0 bridgehead atoms. The van der Waals surface area contributed by atoms with Crippen molar-refractivity contribution in [2.45, 2.75) is 31.5 Å². The molecule has 1 aliphatic heterocycles. The average molecular weight is 423 g/mol. The Labute approximate surface area is 167 Å². The average Bonchev–Trinajstić information content (AvgIpc) is 3.17. The van der Waals surface area contributed by atoms with Crippen molar-refractivity contribution >= 4 is 17.1 Å². The summed E-state index contributed by atoms with van der Waals surface area (Å²) in [5.41, 5.74) is 0.577. The summed E-state index contributed by atoms with van der Waals surface area (Å²) in [6, 6.07) is 2.12. The number of amides is 1. The number of aromatic nitrogens is 4. The Morgan fingerprint density at radius 3 is 2.63 bits per heavy atom. The highest BCUT2D eigenvalue weighted by Gasteiger charge is 2.30. The van der Waals surface area contributed by atoms with E-state index in [1.165, 1.54) is 17.3 Å². The highest BCUT2D eigenvalue weighted by Crippen LogP contribution is 2.33. The maximum atomic E-state index is 14.4. The third-order valence-corrected chi connectivity index (χ3v) is 5.23. The zero-order chi connectivity index (χ0) is 21.5. The van der Waals surface area contributed by atoms with Crippen LogP contribution >= 0.6 is 0 Å². The number of halogens is 4. The van der Waals surface area contributed by atoms with E-state index in [0.717, 1.165) is 18.5 Å². The van der Waals surface area contributed by atoms with Gasteiger partial charge < -0.3 is 14.5 Å². The Kier molecular flexibility index (Phi) is 5.04. The number of carbonyl (C=O) groups excluding carboxylic acids is 1. The van der Waals surface area contributed by atoms with Crippen molar-refractivity contribution in [2.75, 3.05) is 13.1 Å². The fourth-order valence-corrected chi connectivity index (χ4v) is 3.81. The van der Waals surface area contributed by atoms with Crippen LogP contribution in [-0.4, -0.2) is 49.6 Å². The van der Waals surface area contributed by atoms with Gasteiger partial charge in [0.05, 0.1) is 18.0 Å². The SMILES string of the molecule is O=C(c1ccn(CC(F)(F)F)c(=O)c1)N1CCC(c2c(F)cnc3nc[nH]c23)CC1. The first kappa shape index (κ1) is 20.0. The van der Waals surface area contributed by atoms with Gasteiger partial charge >= 0.3 is 6.18 Å². The van der Waals surface area contributed by atoms with Crippen LogP contribution in [0.1, 0.15) is 34.7 Å². The largest absolute Gasteiger partial charge is 0.406 e. The van der Waals surface area contributed by atoms with E-state index in [4.69, 9.17) is 0 Å². The maximum absolute atomic E-state index is 14.4. The Bertz CT molecular complexity index is 1150. The third kappa shape index (κ3) is 3.91. The number of nitrogens with zero attached hydrogens (tertiary/aromatic N) is 4. The molecule has 0 unspecified atom stereocenters. The molecule has 1 aliphatic rings. The minimum atomic E-state index is -4.53. The van der Waals surface area contributed by atoms with Crippen LogP contribution in [0.4, 0.5) is 17.6 Å². The normalized spacial score (nSPS) is 15.7. The Morgan fingerprint density at radius 2 is 1.97 bits per heavy atom. The summed E-state index contributed by atoms with van der Waals surface area (Å²) in [6.07, 6.45) is 0.000737. The fourth-order valence-electron chi connectivity index (χ4n) is 3.81. The summed E-state index contributed by atoms with van der Waals surface area (Å²) in [6.45, 7) is -0.760. The van der Waals surface area contributed by atoms with E-state index in [1.807, 2.05) is 0 Å². The van der Waals surface area contributed by atoms with Crippen LogP contribution in [0.3, 0.4) is 0 Å². The molecule has 3 aromatic rings. The van der Waals surface area contributed by atoms with Gasteiger partial charge in [0.1, 0.15) is 12.4 Å². The molecule has 1 fully saturated rings. The van der Waals surface area contributed by atoms with Crippen LogP contribution in [0.2, 0.25) is 0 Å². The highest BCUT2D eigenvalue weighted by atomic mass is 19.4. The number of nitrogens with one attached hydrogen (secondary N) is 1.